The first-order valence-electron chi connectivity index (χ1n) is 9.74. The van der Waals surface area contributed by atoms with Gasteiger partial charge in [0.05, 0.1) is 11.2 Å². The molecule has 8 heteroatoms. The maximum atomic E-state index is 11.5. The first-order chi connectivity index (χ1) is 12.7. The monoisotopic (exact) mass is 391 g/mol. The van der Waals surface area contributed by atoms with Crippen LogP contribution < -0.4 is 5.46 Å². The maximum Gasteiger partial charge on any atom is 0.498 e. The average Bonchev–Trinajstić information content (AvgIpc) is 2.83. The lowest BCUT2D eigenvalue weighted by Gasteiger charge is -2.32. The summed E-state index contributed by atoms with van der Waals surface area (Å²) in [5.74, 6) is 1.74. The fraction of sp³-hybridized carbons (Fsp3) is 0.737. The van der Waals surface area contributed by atoms with Crippen LogP contribution in [0.2, 0.25) is 0 Å². The fourth-order valence-electron chi connectivity index (χ4n) is 3.41. The van der Waals surface area contributed by atoms with Gasteiger partial charge in [0.1, 0.15) is 0 Å². The molecule has 3 rings (SSSR count). The number of rotatable bonds is 5. The maximum absolute atomic E-state index is 11.5. The molecule has 1 aromatic rings. The van der Waals surface area contributed by atoms with Crippen molar-refractivity contribution >= 4 is 30.3 Å². The molecule has 3 heterocycles. The van der Waals surface area contributed by atoms with Crippen LogP contribution >= 0.6 is 11.8 Å². The van der Waals surface area contributed by atoms with E-state index in [1.165, 1.54) is 6.42 Å². The zero-order valence-electron chi connectivity index (χ0n) is 17.0. The number of carbonyl (C=O) groups is 1. The first kappa shape index (κ1) is 20.6. The second-order valence-corrected chi connectivity index (χ2v) is 9.56. The second-order valence-electron chi connectivity index (χ2n) is 8.50. The lowest BCUT2D eigenvalue weighted by Crippen LogP contribution is -2.41. The van der Waals surface area contributed by atoms with E-state index in [1.54, 1.807) is 31.1 Å². The molecular weight excluding hydrogens is 361 g/mol. The highest BCUT2D eigenvalue weighted by Crippen LogP contribution is 2.36. The normalized spacial score (nSPS) is 24.3. The molecule has 0 spiro atoms. The number of nitrogens with zero attached hydrogens (tertiary/aromatic N) is 3. The zero-order chi connectivity index (χ0) is 19.7. The first-order valence-corrected chi connectivity index (χ1v) is 10.7. The van der Waals surface area contributed by atoms with Crippen LogP contribution in [-0.2, 0) is 14.1 Å². The number of carbonyl (C=O) groups excluding carboxylic acids is 1. The van der Waals surface area contributed by atoms with Crippen molar-refractivity contribution < 1.29 is 14.1 Å². The Morgan fingerprint density at radius 3 is 2.48 bits per heavy atom. The van der Waals surface area contributed by atoms with E-state index in [1.807, 2.05) is 32.6 Å². The lowest BCUT2D eigenvalue weighted by molar-refractivity contribution is -0.130. The minimum absolute atomic E-state index is 0.189. The smallest absolute Gasteiger partial charge is 0.399 e. The molecule has 0 bridgehead atoms. The van der Waals surface area contributed by atoms with Crippen molar-refractivity contribution in [3.8, 4) is 0 Å². The number of aromatic nitrogens is 2. The van der Waals surface area contributed by atoms with Crippen LogP contribution in [0, 0.1) is 5.92 Å². The number of hydrogen-bond donors (Lipinski definition) is 0. The molecule has 1 atom stereocenters. The van der Waals surface area contributed by atoms with E-state index in [4.69, 9.17) is 9.31 Å². The fourth-order valence-corrected chi connectivity index (χ4v) is 4.29. The molecule has 1 amide bonds. The summed E-state index contributed by atoms with van der Waals surface area (Å²) in [5.41, 5.74) is 0.125. The molecule has 27 heavy (non-hydrogen) atoms. The van der Waals surface area contributed by atoms with Crippen molar-refractivity contribution in [1.29, 1.82) is 0 Å². The largest absolute Gasteiger partial charge is 0.498 e. The Morgan fingerprint density at radius 2 is 1.89 bits per heavy atom. The standard InChI is InChI=1S/C19H30BN3O3S/c1-14(24)23-9-6-7-15(13-23)8-10-27-17-21-11-16(12-22-17)20-25-18(2,3)19(4,5)26-20/h11-12,15H,6-10,13H2,1-5H3/t15-/m0/s1. The van der Waals surface area contributed by atoms with Crippen LogP contribution in [0.5, 0.6) is 0 Å². The molecule has 0 unspecified atom stereocenters. The molecule has 0 radical (unpaired) electrons. The average molecular weight is 391 g/mol. The summed E-state index contributed by atoms with van der Waals surface area (Å²) >= 11 is 1.67. The van der Waals surface area contributed by atoms with Crippen LogP contribution in [0.1, 0.15) is 53.9 Å². The molecule has 2 fully saturated rings. The van der Waals surface area contributed by atoms with Crippen LogP contribution in [0.25, 0.3) is 0 Å². The SMILES string of the molecule is CC(=O)N1CCC[C@@H](CCSc2ncc(B3OC(C)(C)C(C)(C)O3)cn2)C1. The summed E-state index contributed by atoms with van der Waals surface area (Å²) < 4.78 is 12.1. The second kappa shape index (κ2) is 8.09. The molecule has 6 nitrogen and oxygen atoms in total. The number of hydrogen-bond acceptors (Lipinski definition) is 6. The summed E-state index contributed by atoms with van der Waals surface area (Å²) in [4.78, 5) is 22.5. The third-order valence-electron chi connectivity index (χ3n) is 5.90. The highest BCUT2D eigenvalue weighted by atomic mass is 32.2. The van der Waals surface area contributed by atoms with Crippen LogP contribution in [0.3, 0.4) is 0 Å². The van der Waals surface area contributed by atoms with Gasteiger partial charge in [-0.1, -0.05) is 11.8 Å². The van der Waals surface area contributed by atoms with Gasteiger partial charge in [0.25, 0.3) is 0 Å². The van der Waals surface area contributed by atoms with E-state index < -0.39 is 7.12 Å². The Hall–Kier alpha value is -1.12. The lowest BCUT2D eigenvalue weighted by atomic mass is 9.81. The highest BCUT2D eigenvalue weighted by Gasteiger charge is 2.51. The zero-order valence-corrected chi connectivity index (χ0v) is 17.8. The van der Waals surface area contributed by atoms with Crippen molar-refractivity contribution in [2.45, 2.75) is 70.2 Å². The minimum Gasteiger partial charge on any atom is -0.399 e. The molecule has 148 valence electrons. The topological polar surface area (TPSA) is 64.6 Å². The third kappa shape index (κ3) is 4.84. The Bertz CT molecular complexity index is 653. The minimum atomic E-state index is -0.422. The summed E-state index contributed by atoms with van der Waals surface area (Å²) in [5, 5.41) is 0.773. The van der Waals surface area contributed by atoms with Gasteiger partial charge >= 0.3 is 7.12 Å². The van der Waals surface area contributed by atoms with E-state index in [0.29, 0.717) is 5.92 Å². The van der Waals surface area contributed by atoms with Gasteiger partial charge in [-0.05, 0) is 52.9 Å². The summed E-state index contributed by atoms with van der Waals surface area (Å²) in [6.45, 7) is 11.6. The van der Waals surface area contributed by atoms with E-state index >= 15 is 0 Å². The van der Waals surface area contributed by atoms with Gasteiger partial charge < -0.3 is 14.2 Å². The van der Waals surface area contributed by atoms with Crippen molar-refractivity contribution in [3.63, 3.8) is 0 Å². The summed E-state index contributed by atoms with van der Waals surface area (Å²) in [7, 11) is -0.422. The number of amides is 1. The molecule has 1 aromatic heterocycles. The molecule has 0 N–H and O–H groups in total. The van der Waals surface area contributed by atoms with Gasteiger partial charge in [0.2, 0.25) is 5.91 Å². The Balaban J connectivity index is 1.48. The van der Waals surface area contributed by atoms with E-state index in [0.717, 1.165) is 42.3 Å². The van der Waals surface area contributed by atoms with Crippen LogP contribution in [0.15, 0.2) is 17.6 Å². The van der Waals surface area contributed by atoms with Gasteiger partial charge in [-0.3, -0.25) is 4.79 Å². The van der Waals surface area contributed by atoms with Crippen molar-refractivity contribution in [3.05, 3.63) is 12.4 Å². The number of piperidine rings is 1. The van der Waals surface area contributed by atoms with Gasteiger partial charge in [0, 0.05) is 43.6 Å². The Kier molecular flexibility index (Phi) is 6.18. The van der Waals surface area contributed by atoms with Gasteiger partial charge in [-0.2, -0.15) is 0 Å². The Morgan fingerprint density at radius 1 is 1.26 bits per heavy atom. The molecule has 2 saturated heterocycles. The van der Waals surface area contributed by atoms with Gasteiger partial charge in [-0.25, -0.2) is 9.97 Å². The van der Waals surface area contributed by atoms with Gasteiger partial charge in [-0.15, -0.1) is 0 Å². The summed E-state index contributed by atoms with van der Waals surface area (Å²) in [6.07, 6.45) is 6.99. The van der Waals surface area contributed by atoms with E-state index in [2.05, 4.69) is 9.97 Å². The molecule has 0 aliphatic carbocycles. The van der Waals surface area contributed by atoms with Gasteiger partial charge in [0.15, 0.2) is 5.16 Å². The summed E-state index contributed by atoms with van der Waals surface area (Å²) in [6, 6.07) is 0. The van der Waals surface area contributed by atoms with Crippen molar-refractivity contribution in [1.82, 2.24) is 14.9 Å². The number of thioether (sulfide) groups is 1. The van der Waals surface area contributed by atoms with Crippen molar-refractivity contribution in [2.75, 3.05) is 18.8 Å². The van der Waals surface area contributed by atoms with E-state index in [-0.39, 0.29) is 17.1 Å². The number of likely N-dealkylation sites (tertiary alicyclic amines) is 1. The molecule has 2 aliphatic heterocycles. The van der Waals surface area contributed by atoms with Crippen LogP contribution in [0.4, 0.5) is 0 Å². The quantitative estimate of drug-likeness (QED) is 0.437. The van der Waals surface area contributed by atoms with Crippen molar-refractivity contribution in [2.24, 2.45) is 5.92 Å². The predicted molar refractivity (Wildman–Crippen MR) is 108 cm³/mol. The Labute approximate surface area is 166 Å². The molecular formula is C19H30BN3O3S. The van der Waals surface area contributed by atoms with Crippen LogP contribution in [-0.4, -0.2) is 57.9 Å². The molecule has 0 aromatic carbocycles. The molecule has 0 saturated carbocycles. The third-order valence-corrected chi connectivity index (χ3v) is 6.80. The molecule has 2 aliphatic rings. The predicted octanol–water partition coefficient (Wildman–Crippen LogP) is 2.52. The highest BCUT2D eigenvalue weighted by molar-refractivity contribution is 7.99. The van der Waals surface area contributed by atoms with E-state index in [9.17, 15) is 4.79 Å².